The summed E-state index contributed by atoms with van der Waals surface area (Å²) in [5, 5.41) is 8.31. The summed E-state index contributed by atoms with van der Waals surface area (Å²) < 4.78 is 5.27. The number of hydrogen-bond acceptors (Lipinski definition) is 4. The second-order valence-electron chi connectivity index (χ2n) is 3.46. The zero-order valence-electron chi connectivity index (χ0n) is 10.0. The summed E-state index contributed by atoms with van der Waals surface area (Å²) in [5.41, 5.74) is 2.84. The van der Waals surface area contributed by atoms with E-state index in [9.17, 15) is 9.59 Å². The van der Waals surface area contributed by atoms with Gasteiger partial charge in [0.15, 0.2) is 6.61 Å². The topological polar surface area (TPSA) is 84.9 Å². The van der Waals surface area contributed by atoms with Crippen LogP contribution in [0.5, 0.6) is 5.75 Å². The molecule has 0 spiro atoms. The summed E-state index contributed by atoms with van der Waals surface area (Å²) in [6, 6.07) is 7.07. The second kappa shape index (κ2) is 7.29. The number of carboxylic acids is 1. The number of hydroxylamine groups is 1. The maximum atomic E-state index is 11.3. The third-order valence-corrected chi connectivity index (χ3v) is 1.98. The molecular formula is C12H15NO5. The first-order chi connectivity index (χ1) is 8.61. The van der Waals surface area contributed by atoms with Gasteiger partial charge in [-0.25, -0.2) is 10.3 Å². The number of aliphatic carboxylic acids is 1. The van der Waals surface area contributed by atoms with Crippen LogP contribution in [0.2, 0.25) is 0 Å². The van der Waals surface area contributed by atoms with Crippen molar-refractivity contribution >= 4 is 11.9 Å². The van der Waals surface area contributed by atoms with Crippen molar-refractivity contribution in [2.24, 2.45) is 0 Å². The van der Waals surface area contributed by atoms with Crippen LogP contribution < -0.4 is 10.2 Å². The van der Waals surface area contributed by atoms with Crippen molar-refractivity contribution in [2.75, 3.05) is 13.2 Å². The van der Waals surface area contributed by atoms with Crippen molar-refractivity contribution < 1.29 is 24.3 Å². The minimum absolute atomic E-state index is 0.117. The Kier molecular flexibility index (Phi) is 5.66. The van der Waals surface area contributed by atoms with E-state index in [1.807, 2.05) is 6.92 Å². The lowest BCUT2D eigenvalue weighted by atomic mass is 10.1. The smallest absolute Gasteiger partial charge is 0.332 e. The summed E-state index contributed by atoms with van der Waals surface area (Å²) >= 11 is 0. The number of rotatable bonds is 7. The Morgan fingerprint density at radius 3 is 2.50 bits per heavy atom. The van der Waals surface area contributed by atoms with Gasteiger partial charge in [-0.15, -0.1) is 0 Å². The van der Waals surface area contributed by atoms with E-state index in [-0.39, 0.29) is 6.42 Å². The van der Waals surface area contributed by atoms with Crippen LogP contribution in [0.15, 0.2) is 24.3 Å². The van der Waals surface area contributed by atoms with Crippen LogP contribution in [0.3, 0.4) is 0 Å². The van der Waals surface area contributed by atoms with Gasteiger partial charge >= 0.3 is 5.97 Å². The van der Waals surface area contributed by atoms with Crippen molar-refractivity contribution in [3.63, 3.8) is 0 Å². The monoisotopic (exact) mass is 253 g/mol. The van der Waals surface area contributed by atoms with Gasteiger partial charge in [0.05, 0.1) is 13.0 Å². The Bertz CT molecular complexity index is 401. The molecule has 18 heavy (non-hydrogen) atoms. The number of carboxylic acid groups (broad SMARTS) is 1. The molecule has 1 aromatic carbocycles. The maximum absolute atomic E-state index is 11.3. The van der Waals surface area contributed by atoms with Crippen LogP contribution in [0.4, 0.5) is 0 Å². The van der Waals surface area contributed by atoms with Gasteiger partial charge in [-0.3, -0.25) is 9.63 Å². The van der Waals surface area contributed by atoms with Crippen LogP contribution >= 0.6 is 0 Å². The van der Waals surface area contributed by atoms with Gasteiger partial charge in [0.25, 0.3) is 0 Å². The number of hydrogen-bond donors (Lipinski definition) is 2. The molecule has 0 saturated heterocycles. The standard InChI is InChI=1S/C12H15NO5/c1-2-17-10-5-3-9(4-6-10)7-11(14)13-18-8-12(15)16/h3-6H,2,7-8H2,1H3,(H,13,14)(H,15,16). The summed E-state index contributed by atoms with van der Waals surface area (Å²) in [5.74, 6) is -0.805. The van der Waals surface area contributed by atoms with Crippen LogP contribution in [-0.4, -0.2) is 30.2 Å². The van der Waals surface area contributed by atoms with Gasteiger partial charge in [-0.2, -0.15) is 0 Å². The van der Waals surface area contributed by atoms with Crippen LogP contribution in [0, 0.1) is 0 Å². The number of carbonyl (C=O) groups excluding carboxylic acids is 1. The SMILES string of the molecule is CCOc1ccc(CC(=O)NOCC(=O)O)cc1. The molecule has 0 aliphatic carbocycles. The zero-order chi connectivity index (χ0) is 13.4. The summed E-state index contributed by atoms with van der Waals surface area (Å²) in [6.07, 6.45) is 0.117. The molecule has 1 aromatic rings. The first kappa shape index (κ1) is 14.0. The summed E-state index contributed by atoms with van der Waals surface area (Å²) in [4.78, 5) is 26.0. The van der Waals surface area contributed by atoms with E-state index >= 15 is 0 Å². The Balaban J connectivity index is 2.37. The van der Waals surface area contributed by atoms with E-state index in [0.717, 1.165) is 11.3 Å². The number of benzene rings is 1. The van der Waals surface area contributed by atoms with Crippen LogP contribution in [0.25, 0.3) is 0 Å². The normalized spacial score (nSPS) is 9.83. The Labute approximate surface area is 104 Å². The minimum atomic E-state index is -1.14. The molecule has 0 atom stereocenters. The van der Waals surface area contributed by atoms with Crippen molar-refractivity contribution in [1.82, 2.24) is 5.48 Å². The molecule has 0 bridgehead atoms. The average Bonchev–Trinajstić information content (AvgIpc) is 2.31. The van der Waals surface area contributed by atoms with Gasteiger partial charge in [-0.1, -0.05) is 12.1 Å². The van der Waals surface area contributed by atoms with Crippen LogP contribution in [-0.2, 0) is 20.8 Å². The molecule has 0 heterocycles. The van der Waals surface area contributed by atoms with Gasteiger partial charge in [0, 0.05) is 0 Å². The highest BCUT2D eigenvalue weighted by Gasteiger charge is 2.05. The Morgan fingerprint density at radius 1 is 1.28 bits per heavy atom. The fourth-order valence-corrected chi connectivity index (χ4v) is 1.27. The molecular weight excluding hydrogens is 238 g/mol. The van der Waals surface area contributed by atoms with Crippen molar-refractivity contribution in [3.05, 3.63) is 29.8 Å². The van der Waals surface area contributed by atoms with E-state index in [1.165, 1.54) is 0 Å². The molecule has 0 fully saturated rings. The molecule has 0 saturated carbocycles. The summed E-state index contributed by atoms with van der Waals surface area (Å²) in [7, 11) is 0. The molecule has 0 aromatic heterocycles. The quantitative estimate of drug-likeness (QED) is 0.701. The predicted molar refractivity (Wildman–Crippen MR) is 63.0 cm³/mol. The fourth-order valence-electron chi connectivity index (χ4n) is 1.27. The molecule has 0 unspecified atom stereocenters. The first-order valence-corrected chi connectivity index (χ1v) is 5.46. The van der Waals surface area contributed by atoms with Gasteiger partial charge in [0.1, 0.15) is 5.75 Å². The van der Waals surface area contributed by atoms with Crippen LogP contribution in [0.1, 0.15) is 12.5 Å². The zero-order valence-corrected chi connectivity index (χ0v) is 10.0. The van der Waals surface area contributed by atoms with E-state index in [0.29, 0.717) is 6.61 Å². The minimum Gasteiger partial charge on any atom is -0.494 e. The number of ether oxygens (including phenoxy) is 1. The van der Waals surface area contributed by atoms with Gasteiger partial charge in [0.2, 0.25) is 5.91 Å². The highest BCUT2D eigenvalue weighted by Crippen LogP contribution is 2.12. The Hall–Kier alpha value is -2.08. The first-order valence-electron chi connectivity index (χ1n) is 5.46. The lowest BCUT2D eigenvalue weighted by Crippen LogP contribution is -2.27. The molecule has 6 nitrogen and oxygen atoms in total. The largest absolute Gasteiger partial charge is 0.494 e. The molecule has 0 aliphatic heterocycles. The average molecular weight is 253 g/mol. The summed E-state index contributed by atoms with van der Waals surface area (Å²) in [6.45, 7) is 1.92. The number of nitrogens with one attached hydrogen (secondary N) is 1. The third-order valence-electron chi connectivity index (χ3n) is 1.98. The van der Waals surface area contributed by atoms with E-state index in [4.69, 9.17) is 9.84 Å². The second-order valence-corrected chi connectivity index (χ2v) is 3.46. The van der Waals surface area contributed by atoms with Gasteiger partial charge < -0.3 is 9.84 Å². The van der Waals surface area contributed by atoms with Crippen molar-refractivity contribution in [2.45, 2.75) is 13.3 Å². The molecule has 0 radical (unpaired) electrons. The fraction of sp³-hybridized carbons (Fsp3) is 0.333. The molecule has 0 aliphatic rings. The van der Waals surface area contributed by atoms with Gasteiger partial charge in [-0.05, 0) is 24.6 Å². The van der Waals surface area contributed by atoms with E-state index in [2.05, 4.69) is 10.3 Å². The molecule has 1 rings (SSSR count). The number of amides is 1. The number of carbonyl (C=O) groups is 2. The lowest BCUT2D eigenvalue weighted by molar-refractivity contribution is -0.149. The third kappa shape index (κ3) is 5.31. The Morgan fingerprint density at radius 2 is 1.94 bits per heavy atom. The highest BCUT2D eigenvalue weighted by molar-refractivity contribution is 5.77. The van der Waals surface area contributed by atoms with Crippen molar-refractivity contribution in [3.8, 4) is 5.75 Å². The molecule has 2 N–H and O–H groups in total. The maximum Gasteiger partial charge on any atom is 0.332 e. The molecule has 1 amide bonds. The lowest BCUT2D eigenvalue weighted by Gasteiger charge is -2.05. The molecule has 98 valence electrons. The van der Waals surface area contributed by atoms with E-state index in [1.54, 1.807) is 24.3 Å². The predicted octanol–water partition coefficient (Wildman–Crippen LogP) is 0.760. The van der Waals surface area contributed by atoms with Crippen molar-refractivity contribution in [1.29, 1.82) is 0 Å². The molecule has 6 heteroatoms. The highest BCUT2D eigenvalue weighted by atomic mass is 16.7. The van der Waals surface area contributed by atoms with E-state index < -0.39 is 18.5 Å².